The smallest absolute Gasteiger partial charge is 0.372 e. The van der Waals surface area contributed by atoms with E-state index < -0.39 is 5.97 Å². The van der Waals surface area contributed by atoms with Gasteiger partial charge >= 0.3 is 5.97 Å². The fourth-order valence-corrected chi connectivity index (χ4v) is 2.30. The van der Waals surface area contributed by atoms with Gasteiger partial charge in [0.25, 0.3) is 0 Å². The van der Waals surface area contributed by atoms with E-state index in [9.17, 15) is 9.90 Å². The van der Waals surface area contributed by atoms with Crippen LogP contribution in [0.4, 0.5) is 0 Å². The van der Waals surface area contributed by atoms with E-state index in [0.29, 0.717) is 16.2 Å². The predicted octanol–water partition coefficient (Wildman–Crippen LogP) is 2.98. The number of hydrogen-bond donors (Lipinski definition) is 2. The summed E-state index contributed by atoms with van der Waals surface area (Å²) in [6.07, 6.45) is 1.35. The first kappa shape index (κ1) is 11.6. The van der Waals surface area contributed by atoms with Crippen LogP contribution < -0.4 is 0 Å². The van der Waals surface area contributed by atoms with Gasteiger partial charge in [-0.25, -0.2) is 4.79 Å². The number of carboxylic acid groups (broad SMARTS) is 1. The number of rotatable bonds is 4. The lowest BCUT2D eigenvalue weighted by Gasteiger charge is -2.02. The maximum Gasteiger partial charge on any atom is 0.372 e. The van der Waals surface area contributed by atoms with E-state index in [1.54, 1.807) is 24.3 Å². The molecular formula is C12H10O4S. The molecule has 88 valence electrons. The number of phenolic OH excluding ortho intramolecular Hbond substituents is 1. The van der Waals surface area contributed by atoms with E-state index in [1.165, 1.54) is 18.0 Å². The lowest BCUT2D eigenvalue weighted by Crippen LogP contribution is -1.97. The molecule has 2 aromatic rings. The van der Waals surface area contributed by atoms with E-state index in [0.717, 1.165) is 0 Å². The summed E-state index contributed by atoms with van der Waals surface area (Å²) in [6, 6.07) is 8.54. The van der Waals surface area contributed by atoms with Gasteiger partial charge in [0.15, 0.2) is 0 Å². The summed E-state index contributed by atoms with van der Waals surface area (Å²) in [5.41, 5.74) is 0.603. The minimum absolute atomic E-state index is 0.0482. The molecule has 0 fully saturated rings. The van der Waals surface area contributed by atoms with Crippen molar-refractivity contribution in [3.63, 3.8) is 0 Å². The molecule has 0 spiro atoms. The molecule has 0 unspecified atom stereocenters. The number of phenols is 1. The number of benzene rings is 1. The van der Waals surface area contributed by atoms with E-state index in [-0.39, 0.29) is 11.5 Å². The van der Waals surface area contributed by atoms with Crippen LogP contribution in [0, 0.1) is 0 Å². The zero-order chi connectivity index (χ0) is 12.3. The maximum atomic E-state index is 10.8. The molecule has 0 saturated carbocycles. The fraction of sp³-hybridized carbons (Fsp3) is 0.0833. The van der Waals surface area contributed by atoms with E-state index in [4.69, 9.17) is 9.52 Å². The zero-order valence-corrected chi connectivity index (χ0v) is 9.61. The van der Waals surface area contributed by atoms with Crippen LogP contribution in [0.3, 0.4) is 0 Å². The van der Waals surface area contributed by atoms with Gasteiger partial charge in [-0.3, -0.25) is 0 Å². The molecular weight excluding hydrogens is 240 g/mol. The van der Waals surface area contributed by atoms with Crippen LogP contribution in [0.25, 0.3) is 0 Å². The number of aromatic hydroxyl groups is 1. The van der Waals surface area contributed by atoms with Crippen molar-refractivity contribution in [1.82, 2.24) is 0 Å². The average molecular weight is 250 g/mol. The first-order valence-corrected chi connectivity index (χ1v) is 5.87. The molecule has 0 radical (unpaired) electrons. The van der Waals surface area contributed by atoms with Gasteiger partial charge in [-0.1, -0.05) is 12.1 Å². The van der Waals surface area contributed by atoms with Crippen LogP contribution in [0.1, 0.15) is 16.1 Å². The number of furan rings is 1. The maximum absolute atomic E-state index is 10.8. The molecule has 0 atom stereocenters. The highest BCUT2D eigenvalue weighted by atomic mass is 32.2. The molecule has 17 heavy (non-hydrogen) atoms. The molecule has 1 aromatic heterocycles. The summed E-state index contributed by atoms with van der Waals surface area (Å²) in [7, 11) is 0. The standard InChI is InChI=1S/C12H10O4S/c13-9-3-1-2-4-10(9)17-7-8-5-6-16-11(8)12(14)15/h1-6,13H,7H2,(H,14,15). The van der Waals surface area contributed by atoms with Crippen molar-refractivity contribution in [2.24, 2.45) is 0 Å². The van der Waals surface area contributed by atoms with Crippen molar-refractivity contribution in [3.8, 4) is 5.75 Å². The molecule has 0 aliphatic rings. The summed E-state index contributed by atoms with van der Waals surface area (Å²) < 4.78 is 4.87. The zero-order valence-electron chi connectivity index (χ0n) is 8.79. The molecule has 1 heterocycles. The fourth-order valence-electron chi connectivity index (χ4n) is 1.37. The third-order valence-electron chi connectivity index (χ3n) is 2.19. The second-order valence-corrected chi connectivity index (χ2v) is 4.35. The van der Waals surface area contributed by atoms with Gasteiger partial charge in [-0.2, -0.15) is 0 Å². The number of carbonyl (C=O) groups is 1. The van der Waals surface area contributed by atoms with Crippen molar-refractivity contribution >= 4 is 17.7 Å². The molecule has 5 heteroatoms. The Bertz CT molecular complexity index is 533. The van der Waals surface area contributed by atoms with Gasteiger partial charge in [-0.05, 0) is 18.2 Å². The predicted molar refractivity (Wildman–Crippen MR) is 63.3 cm³/mol. The molecule has 0 aliphatic carbocycles. The van der Waals surface area contributed by atoms with Crippen LogP contribution in [-0.2, 0) is 5.75 Å². The Kier molecular flexibility index (Phi) is 3.39. The summed E-state index contributed by atoms with van der Waals surface area (Å²) >= 11 is 1.36. The second kappa shape index (κ2) is 4.97. The first-order chi connectivity index (χ1) is 8.18. The number of hydrogen-bond acceptors (Lipinski definition) is 4. The summed E-state index contributed by atoms with van der Waals surface area (Å²) in [4.78, 5) is 11.5. The normalized spacial score (nSPS) is 10.4. The summed E-state index contributed by atoms with van der Waals surface area (Å²) in [6.45, 7) is 0. The Hall–Kier alpha value is -1.88. The minimum atomic E-state index is -1.08. The van der Waals surface area contributed by atoms with Gasteiger partial charge in [0.1, 0.15) is 5.75 Å². The molecule has 0 bridgehead atoms. The Morgan fingerprint density at radius 2 is 2.06 bits per heavy atom. The number of carboxylic acids is 1. The highest BCUT2D eigenvalue weighted by molar-refractivity contribution is 7.98. The van der Waals surface area contributed by atoms with Crippen molar-refractivity contribution < 1.29 is 19.4 Å². The molecule has 4 nitrogen and oxygen atoms in total. The highest BCUT2D eigenvalue weighted by Crippen LogP contribution is 2.31. The summed E-state index contributed by atoms with van der Waals surface area (Å²) in [5, 5.41) is 18.4. The Morgan fingerprint density at radius 1 is 1.29 bits per heavy atom. The van der Waals surface area contributed by atoms with Crippen LogP contribution in [0.15, 0.2) is 45.9 Å². The lowest BCUT2D eigenvalue weighted by atomic mass is 10.3. The van der Waals surface area contributed by atoms with Gasteiger partial charge < -0.3 is 14.6 Å². The SMILES string of the molecule is O=C(O)c1occc1CSc1ccccc1O. The van der Waals surface area contributed by atoms with Crippen molar-refractivity contribution in [2.75, 3.05) is 0 Å². The molecule has 2 rings (SSSR count). The van der Waals surface area contributed by atoms with Crippen molar-refractivity contribution in [1.29, 1.82) is 0 Å². The number of para-hydroxylation sites is 1. The average Bonchev–Trinajstić information content (AvgIpc) is 2.76. The largest absolute Gasteiger partial charge is 0.507 e. The highest BCUT2D eigenvalue weighted by Gasteiger charge is 2.14. The van der Waals surface area contributed by atoms with Gasteiger partial charge in [0.05, 0.1) is 6.26 Å². The van der Waals surface area contributed by atoms with Crippen LogP contribution >= 0.6 is 11.8 Å². The quantitative estimate of drug-likeness (QED) is 0.816. The second-order valence-electron chi connectivity index (χ2n) is 3.34. The summed E-state index contributed by atoms with van der Waals surface area (Å²) in [5.74, 6) is -0.496. The molecule has 0 saturated heterocycles. The molecule has 1 aromatic carbocycles. The number of thioether (sulfide) groups is 1. The Labute approximate surface area is 102 Å². The third kappa shape index (κ3) is 2.62. The topological polar surface area (TPSA) is 70.7 Å². The van der Waals surface area contributed by atoms with Gasteiger partial charge in [0.2, 0.25) is 5.76 Å². The van der Waals surface area contributed by atoms with E-state index >= 15 is 0 Å². The van der Waals surface area contributed by atoms with Crippen molar-refractivity contribution in [2.45, 2.75) is 10.6 Å². The molecule has 2 N–H and O–H groups in total. The Balaban J connectivity index is 2.10. The van der Waals surface area contributed by atoms with Gasteiger partial charge in [0, 0.05) is 16.2 Å². The molecule has 0 amide bonds. The first-order valence-electron chi connectivity index (χ1n) is 4.89. The van der Waals surface area contributed by atoms with Crippen LogP contribution in [0.2, 0.25) is 0 Å². The van der Waals surface area contributed by atoms with Gasteiger partial charge in [-0.15, -0.1) is 11.8 Å². The van der Waals surface area contributed by atoms with Crippen molar-refractivity contribution in [3.05, 3.63) is 47.9 Å². The molecule has 0 aliphatic heterocycles. The van der Waals surface area contributed by atoms with E-state index in [1.807, 2.05) is 6.07 Å². The van der Waals surface area contributed by atoms with Crippen LogP contribution in [0.5, 0.6) is 5.75 Å². The minimum Gasteiger partial charge on any atom is -0.507 e. The number of aromatic carboxylic acids is 1. The van der Waals surface area contributed by atoms with Crippen LogP contribution in [-0.4, -0.2) is 16.2 Å². The third-order valence-corrected chi connectivity index (χ3v) is 3.30. The monoisotopic (exact) mass is 250 g/mol. The lowest BCUT2D eigenvalue weighted by molar-refractivity contribution is 0.0661. The van der Waals surface area contributed by atoms with E-state index in [2.05, 4.69) is 0 Å². The Morgan fingerprint density at radius 3 is 2.76 bits per heavy atom.